The second-order valence-corrected chi connectivity index (χ2v) is 15.2. The second-order valence-electron chi connectivity index (χ2n) is 15.2. The van der Waals surface area contributed by atoms with Gasteiger partial charge in [-0.2, -0.15) is 18.3 Å². The van der Waals surface area contributed by atoms with Crippen molar-refractivity contribution >= 4 is 0 Å². The molecule has 4 heterocycles. The number of pyridine rings is 4. The first-order valence-electron chi connectivity index (χ1n) is 21.0. The van der Waals surface area contributed by atoms with Gasteiger partial charge < -0.3 is 24.4 Å². The Hall–Kier alpha value is -9.08. The number of hydrogen-bond acceptors (Lipinski definition) is 5. The van der Waals surface area contributed by atoms with Crippen molar-refractivity contribution in [2.24, 2.45) is 0 Å². The van der Waals surface area contributed by atoms with E-state index in [-0.39, 0.29) is 11.5 Å². The van der Waals surface area contributed by atoms with Crippen LogP contribution in [0.1, 0.15) is 0 Å². The topological polar surface area (TPSA) is 83.7 Å². The number of aromatic nitrogens is 4. The number of phenolic OH excluding ortho intramolecular Hbond substituents is 2. The van der Waals surface area contributed by atoms with Crippen LogP contribution in [0.4, 0.5) is 0 Å². The molecule has 10 rings (SSSR count). The Labute approximate surface area is 376 Å². The summed E-state index contributed by atoms with van der Waals surface area (Å²) in [6, 6.07) is 62.3. The molecule has 0 unspecified atom stereocenters. The van der Waals surface area contributed by atoms with Crippen LogP contribution in [0.25, 0.3) is 45.0 Å². The first-order chi connectivity index (χ1) is 32.0. The molecule has 0 amide bonds. The molecule has 0 aliphatic heterocycles. The van der Waals surface area contributed by atoms with Crippen LogP contribution in [0, 0.1) is 0 Å². The van der Waals surface area contributed by atoms with Crippen molar-refractivity contribution < 1.29 is 42.7 Å². The molecule has 9 heteroatoms. The minimum atomic E-state index is 0.105. The van der Waals surface area contributed by atoms with Gasteiger partial charge >= 0.3 is 0 Å². The summed E-state index contributed by atoms with van der Waals surface area (Å²) in [5.74, 6) is 3.86. The summed E-state index contributed by atoms with van der Waals surface area (Å²) in [7, 11) is 0. The van der Waals surface area contributed by atoms with Crippen molar-refractivity contribution in [2.45, 2.75) is 0 Å². The van der Waals surface area contributed by atoms with E-state index in [1.54, 1.807) is 36.4 Å². The van der Waals surface area contributed by atoms with Crippen molar-refractivity contribution in [3.8, 4) is 91.0 Å². The zero-order chi connectivity index (χ0) is 44.0. The van der Waals surface area contributed by atoms with Gasteiger partial charge in [-0.3, -0.25) is 0 Å². The predicted molar refractivity (Wildman–Crippen MR) is 246 cm³/mol. The fourth-order valence-electron chi connectivity index (χ4n) is 7.39. The van der Waals surface area contributed by atoms with E-state index in [4.69, 9.17) is 14.2 Å². The maximum Gasteiger partial charge on any atom is 0.210 e. The number of phenols is 2. The van der Waals surface area contributed by atoms with Gasteiger partial charge in [-0.15, -0.1) is 0 Å². The van der Waals surface area contributed by atoms with Gasteiger partial charge in [-0.05, 0) is 95.1 Å². The van der Waals surface area contributed by atoms with E-state index in [1.165, 1.54) is 0 Å². The first kappa shape index (κ1) is 40.0. The molecule has 0 saturated heterocycles. The summed E-state index contributed by atoms with van der Waals surface area (Å²) in [5, 5.41) is 20.0. The highest BCUT2D eigenvalue weighted by Crippen LogP contribution is 2.32. The molecule has 0 atom stereocenters. The van der Waals surface area contributed by atoms with Gasteiger partial charge in [0, 0.05) is 97.1 Å². The largest absolute Gasteiger partial charge is 0.504 e. The number of aromatic hydroxyl groups is 2. The Morgan fingerprint density at radius 2 is 0.477 bits per heavy atom. The molecule has 10 aromatic rings. The van der Waals surface area contributed by atoms with Crippen LogP contribution in [-0.4, -0.2) is 10.2 Å². The zero-order valence-electron chi connectivity index (χ0n) is 35.0. The molecule has 0 aliphatic rings. The van der Waals surface area contributed by atoms with Crippen molar-refractivity contribution in [3.63, 3.8) is 0 Å². The lowest BCUT2D eigenvalue weighted by molar-refractivity contribution is -0.596. The van der Waals surface area contributed by atoms with Crippen LogP contribution in [0.2, 0.25) is 0 Å². The highest BCUT2D eigenvalue weighted by molar-refractivity contribution is 5.62. The smallest absolute Gasteiger partial charge is 0.210 e. The predicted octanol–water partition coefficient (Wildman–Crippen LogP) is 10.9. The van der Waals surface area contributed by atoms with Crippen LogP contribution in [0.3, 0.4) is 0 Å². The van der Waals surface area contributed by atoms with Gasteiger partial charge in [0.05, 0.1) is 0 Å². The van der Waals surface area contributed by atoms with Crippen LogP contribution >= 0.6 is 0 Å². The fourth-order valence-corrected chi connectivity index (χ4v) is 7.39. The lowest BCUT2D eigenvalue weighted by Crippen LogP contribution is -2.29. The average molecular weight is 851 g/mol. The third kappa shape index (κ3) is 9.25. The van der Waals surface area contributed by atoms with E-state index in [0.717, 1.165) is 56.5 Å². The SMILES string of the molecule is Oc1ccccc1Oc1ccc(-[n+]2ccc(-c3cc[n+](-c4ccc(Oc5ccc(-[n+]6ccc(-c7cc[n+](-c8ccc(Oc9ccccc9O)cc8)cc7)cc6)cc5)cc4)cc3)cc2)cc1. The van der Waals surface area contributed by atoms with E-state index < -0.39 is 0 Å². The van der Waals surface area contributed by atoms with E-state index in [1.807, 2.05) is 143 Å². The molecule has 0 saturated carbocycles. The van der Waals surface area contributed by atoms with Gasteiger partial charge in [0.1, 0.15) is 23.0 Å². The third-order valence-electron chi connectivity index (χ3n) is 10.9. The molecule has 4 aromatic heterocycles. The van der Waals surface area contributed by atoms with E-state index in [9.17, 15) is 10.2 Å². The Bertz CT molecular complexity index is 2960. The van der Waals surface area contributed by atoms with Crippen molar-refractivity contribution in [2.75, 3.05) is 0 Å². The van der Waals surface area contributed by atoms with Crippen LogP contribution in [0.15, 0.2) is 244 Å². The Morgan fingerprint density at radius 1 is 0.246 bits per heavy atom. The number of rotatable bonds is 12. The van der Waals surface area contributed by atoms with Crippen molar-refractivity contribution in [1.82, 2.24) is 0 Å². The molecule has 0 aliphatic carbocycles. The quantitative estimate of drug-likeness (QED) is 0.120. The number of hydrogen-bond donors (Lipinski definition) is 2. The number of benzene rings is 6. The van der Waals surface area contributed by atoms with Gasteiger partial charge in [0.15, 0.2) is 72.6 Å². The minimum Gasteiger partial charge on any atom is -0.504 e. The van der Waals surface area contributed by atoms with Gasteiger partial charge in [0.25, 0.3) is 0 Å². The summed E-state index contributed by atoms with van der Waals surface area (Å²) in [6.07, 6.45) is 16.4. The molecule has 0 spiro atoms. The highest BCUT2D eigenvalue weighted by Gasteiger charge is 2.14. The Kier molecular flexibility index (Phi) is 11.1. The number of ether oxygens (including phenoxy) is 3. The van der Waals surface area contributed by atoms with Gasteiger partial charge in [-0.25, -0.2) is 0 Å². The summed E-state index contributed by atoms with van der Waals surface area (Å²) in [6.45, 7) is 0. The zero-order valence-corrected chi connectivity index (χ0v) is 35.0. The normalized spacial score (nSPS) is 10.9. The monoisotopic (exact) mass is 850 g/mol. The van der Waals surface area contributed by atoms with Crippen LogP contribution in [0.5, 0.6) is 46.0 Å². The molecule has 6 aromatic carbocycles. The summed E-state index contributed by atoms with van der Waals surface area (Å²) >= 11 is 0. The minimum absolute atomic E-state index is 0.105. The standard InChI is InChI=1S/C56H40N4O5/c61-53-5-1-3-7-55(53)64-51-21-13-47(14-22-51)59-37-29-43(30-38-59)41-25-33-57(34-26-41)45-9-17-49(18-10-45)63-50-19-11-46(12-20-50)58-35-27-42(28-36-58)44-31-39-60(40-32-44)48-15-23-52(24-16-48)65-56-8-4-2-6-54(56)62/h1-40H/q+2/p+2. The second kappa shape index (κ2) is 18.1. The molecule has 2 N–H and O–H groups in total. The first-order valence-corrected chi connectivity index (χ1v) is 21.0. The summed E-state index contributed by atoms with van der Waals surface area (Å²) in [4.78, 5) is 0. The van der Waals surface area contributed by atoms with Crippen LogP contribution < -0.4 is 32.5 Å². The Morgan fingerprint density at radius 3 is 0.723 bits per heavy atom. The van der Waals surface area contributed by atoms with E-state index in [0.29, 0.717) is 23.0 Å². The molecule has 312 valence electrons. The fraction of sp³-hybridized carbons (Fsp3) is 0. The number of para-hydroxylation sites is 4. The molecular formula is C56H42N4O5+4. The van der Waals surface area contributed by atoms with Gasteiger partial charge in [-0.1, -0.05) is 24.3 Å². The maximum absolute atomic E-state index is 10.0. The molecule has 0 bridgehead atoms. The molecule has 0 fully saturated rings. The highest BCUT2D eigenvalue weighted by atomic mass is 16.5. The van der Waals surface area contributed by atoms with Crippen molar-refractivity contribution in [3.05, 3.63) is 244 Å². The maximum atomic E-state index is 10.0. The van der Waals surface area contributed by atoms with Crippen LogP contribution in [-0.2, 0) is 0 Å². The van der Waals surface area contributed by atoms with Crippen molar-refractivity contribution in [1.29, 1.82) is 0 Å². The third-order valence-corrected chi connectivity index (χ3v) is 10.9. The lowest BCUT2D eigenvalue weighted by atomic mass is 10.1. The summed E-state index contributed by atoms with van der Waals surface area (Å²) < 4.78 is 26.1. The lowest BCUT2D eigenvalue weighted by Gasteiger charge is -2.07. The molecule has 65 heavy (non-hydrogen) atoms. The van der Waals surface area contributed by atoms with Gasteiger partial charge in [0.2, 0.25) is 22.7 Å². The molecular weight excluding hydrogens is 809 g/mol. The summed E-state index contributed by atoms with van der Waals surface area (Å²) in [5.41, 5.74) is 8.49. The number of nitrogens with zero attached hydrogens (tertiary/aromatic N) is 4. The average Bonchev–Trinajstić information content (AvgIpc) is 3.37. The Balaban J connectivity index is 0.719. The van der Waals surface area contributed by atoms with E-state index in [2.05, 4.69) is 82.5 Å². The molecule has 0 radical (unpaired) electrons. The van der Waals surface area contributed by atoms with E-state index >= 15 is 0 Å². The molecule has 9 nitrogen and oxygen atoms in total.